The lowest BCUT2D eigenvalue weighted by Crippen LogP contribution is -2.01. The number of unbranched alkanes of at least 4 members (excludes halogenated alkanes) is 2. The first-order chi connectivity index (χ1) is 12.5. The Balaban J connectivity index is 2.59. The zero-order valence-corrected chi connectivity index (χ0v) is 17.0. The van der Waals surface area contributed by atoms with Crippen LogP contribution in [0.25, 0.3) is 10.8 Å². The van der Waals surface area contributed by atoms with Crippen LogP contribution in [0.3, 0.4) is 0 Å². The van der Waals surface area contributed by atoms with Crippen molar-refractivity contribution in [3.63, 3.8) is 0 Å². The van der Waals surface area contributed by atoms with Crippen LogP contribution in [0.1, 0.15) is 50.7 Å². The number of hydrogen-bond acceptors (Lipinski definition) is 5. The molecule has 0 aromatic heterocycles. The average Bonchev–Trinajstić information content (AvgIpc) is 2.67. The second-order valence-corrected chi connectivity index (χ2v) is 8.18. The van der Waals surface area contributed by atoms with Gasteiger partial charge in [-0.2, -0.15) is 0 Å². The molecule has 2 aromatic carbocycles. The van der Waals surface area contributed by atoms with Crippen molar-refractivity contribution >= 4 is 18.6 Å². The number of phenols is 1. The molecular formula is C20H29O5P. The average molecular weight is 380 g/mol. The van der Waals surface area contributed by atoms with E-state index in [4.69, 9.17) is 13.6 Å². The number of phosphoric ester groups is 1. The van der Waals surface area contributed by atoms with E-state index in [0.717, 1.165) is 43.2 Å². The Morgan fingerprint density at radius 3 is 2.23 bits per heavy atom. The van der Waals surface area contributed by atoms with Gasteiger partial charge in [0.15, 0.2) is 0 Å². The largest absolute Gasteiger partial charge is 0.529 e. The fraction of sp³-hybridized carbons (Fsp3) is 0.500. The molecule has 0 bridgehead atoms. The molecule has 0 aliphatic carbocycles. The standard InChI is InChI=1S/C20H29O5P/c1-5-7-9-15-11-12-17-18(13-15)19(21)14-16(10-8-6-2)20(17)25-26(22,23-3)24-4/h11-14,21H,5-10H2,1-4H3. The van der Waals surface area contributed by atoms with E-state index in [1.54, 1.807) is 6.07 Å². The Hall–Kier alpha value is -1.55. The van der Waals surface area contributed by atoms with Gasteiger partial charge in [-0.15, -0.1) is 0 Å². The van der Waals surface area contributed by atoms with Crippen molar-refractivity contribution in [1.82, 2.24) is 0 Å². The number of fused-ring (bicyclic) bond motifs is 1. The van der Waals surface area contributed by atoms with Crippen LogP contribution in [-0.2, 0) is 26.5 Å². The molecule has 2 aromatic rings. The summed E-state index contributed by atoms with van der Waals surface area (Å²) >= 11 is 0. The quantitative estimate of drug-likeness (QED) is 0.511. The number of rotatable bonds is 10. The molecule has 2 rings (SSSR count). The van der Waals surface area contributed by atoms with Gasteiger partial charge in [0.1, 0.15) is 11.5 Å². The zero-order chi connectivity index (χ0) is 19.2. The van der Waals surface area contributed by atoms with Gasteiger partial charge >= 0.3 is 7.82 Å². The molecule has 26 heavy (non-hydrogen) atoms. The maximum Gasteiger partial charge on any atom is 0.529 e. The Bertz CT molecular complexity index is 779. The van der Waals surface area contributed by atoms with E-state index >= 15 is 0 Å². The number of phenolic OH excluding ortho intramolecular Hbond substituents is 1. The highest BCUT2D eigenvalue weighted by Gasteiger charge is 2.28. The first-order valence-corrected chi connectivity index (χ1v) is 10.6. The number of aromatic hydroxyl groups is 1. The van der Waals surface area contributed by atoms with Gasteiger partial charge in [-0.1, -0.05) is 38.8 Å². The minimum atomic E-state index is -3.69. The fourth-order valence-corrected chi connectivity index (χ4v) is 3.68. The molecule has 0 saturated heterocycles. The van der Waals surface area contributed by atoms with Crippen LogP contribution < -0.4 is 4.52 Å². The number of benzene rings is 2. The zero-order valence-electron chi connectivity index (χ0n) is 16.1. The molecule has 1 N–H and O–H groups in total. The highest BCUT2D eigenvalue weighted by atomic mass is 31.2. The van der Waals surface area contributed by atoms with Crippen molar-refractivity contribution in [3.8, 4) is 11.5 Å². The topological polar surface area (TPSA) is 65.0 Å². The first-order valence-electron chi connectivity index (χ1n) is 9.16. The second kappa shape index (κ2) is 9.40. The summed E-state index contributed by atoms with van der Waals surface area (Å²) in [7, 11) is -1.11. The van der Waals surface area contributed by atoms with E-state index in [-0.39, 0.29) is 5.75 Å². The van der Waals surface area contributed by atoms with E-state index in [2.05, 4.69) is 13.8 Å². The molecule has 144 valence electrons. The lowest BCUT2D eigenvalue weighted by molar-refractivity contribution is 0.211. The van der Waals surface area contributed by atoms with Crippen molar-refractivity contribution < 1.29 is 23.2 Å². The van der Waals surface area contributed by atoms with E-state index < -0.39 is 7.82 Å². The van der Waals surface area contributed by atoms with Gasteiger partial charge in [-0.25, -0.2) is 4.57 Å². The van der Waals surface area contributed by atoms with E-state index in [1.807, 2.05) is 18.2 Å². The van der Waals surface area contributed by atoms with E-state index in [0.29, 0.717) is 22.9 Å². The van der Waals surface area contributed by atoms with Gasteiger partial charge in [-0.05, 0) is 48.9 Å². The van der Waals surface area contributed by atoms with Crippen LogP contribution in [0.4, 0.5) is 0 Å². The fourth-order valence-electron chi connectivity index (χ4n) is 2.94. The van der Waals surface area contributed by atoms with Gasteiger partial charge in [0.2, 0.25) is 0 Å². The Labute approximate surface area is 155 Å². The van der Waals surface area contributed by atoms with Crippen molar-refractivity contribution in [2.24, 2.45) is 0 Å². The molecule has 0 aliphatic rings. The van der Waals surface area contributed by atoms with Crippen molar-refractivity contribution in [2.45, 2.75) is 52.4 Å². The first kappa shape index (κ1) is 20.8. The molecule has 0 radical (unpaired) electrons. The summed E-state index contributed by atoms with van der Waals surface area (Å²) in [6.07, 6.45) is 5.79. The highest BCUT2D eigenvalue weighted by Crippen LogP contribution is 2.51. The smallest absolute Gasteiger partial charge is 0.507 e. The van der Waals surface area contributed by atoms with E-state index in [1.165, 1.54) is 14.2 Å². The SMILES string of the molecule is CCCCc1ccc2c(OP(=O)(OC)OC)c(CCCC)cc(O)c2c1. The molecule has 0 unspecified atom stereocenters. The van der Waals surface area contributed by atoms with Crippen LogP contribution >= 0.6 is 7.82 Å². The third-order valence-corrected chi connectivity index (χ3v) is 5.78. The summed E-state index contributed by atoms with van der Waals surface area (Å²) in [5, 5.41) is 12.0. The summed E-state index contributed by atoms with van der Waals surface area (Å²) in [6.45, 7) is 4.24. The summed E-state index contributed by atoms with van der Waals surface area (Å²) in [5.74, 6) is 0.668. The maximum absolute atomic E-state index is 12.6. The predicted molar refractivity (Wildman–Crippen MR) is 105 cm³/mol. The molecule has 0 spiro atoms. The number of hydrogen-bond donors (Lipinski definition) is 1. The normalized spacial score (nSPS) is 11.8. The van der Waals surface area contributed by atoms with Crippen LogP contribution in [0.2, 0.25) is 0 Å². The van der Waals surface area contributed by atoms with E-state index in [9.17, 15) is 9.67 Å². The summed E-state index contributed by atoms with van der Waals surface area (Å²) in [4.78, 5) is 0. The van der Waals surface area contributed by atoms with Crippen molar-refractivity contribution in [2.75, 3.05) is 14.2 Å². The van der Waals surface area contributed by atoms with Crippen LogP contribution in [0, 0.1) is 0 Å². The maximum atomic E-state index is 12.6. The highest BCUT2D eigenvalue weighted by molar-refractivity contribution is 7.48. The molecule has 5 nitrogen and oxygen atoms in total. The van der Waals surface area contributed by atoms with Gasteiger partial charge in [0, 0.05) is 25.0 Å². The lowest BCUT2D eigenvalue weighted by Gasteiger charge is -2.20. The molecule has 0 heterocycles. The van der Waals surface area contributed by atoms with Gasteiger partial charge in [-0.3, -0.25) is 9.05 Å². The van der Waals surface area contributed by atoms with Crippen LogP contribution in [-0.4, -0.2) is 19.3 Å². The third-order valence-electron chi connectivity index (χ3n) is 4.48. The minimum absolute atomic E-state index is 0.210. The molecule has 0 amide bonds. The Kier molecular flexibility index (Phi) is 7.51. The van der Waals surface area contributed by atoms with Gasteiger partial charge in [0.05, 0.1) is 0 Å². The van der Waals surface area contributed by atoms with Gasteiger partial charge < -0.3 is 9.63 Å². The number of phosphoric acid groups is 1. The predicted octanol–water partition coefficient (Wildman–Crippen LogP) is 6.01. The molecule has 0 aliphatic heterocycles. The summed E-state index contributed by atoms with van der Waals surface area (Å²) in [6, 6.07) is 7.62. The van der Waals surface area contributed by atoms with Crippen molar-refractivity contribution in [3.05, 3.63) is 35.4 Å². The Morgan fingerprint density at radius 2 is 1.62 bits per heavy atom. The summed E-state index contributed by atoms with van der Waals surface area (Å²) < 4.78 is 28.2. The molecular weight excluding hydrogens is 351 g/mol. The molecule has 0 atom stereocenters. The third kappa shape index (κ3) is 4.79. The van der Waals surface area contributed by atoms with Crippen LogP contribution in [0.5, 0.6) is 11.5 Å². The lowest BCUT2D eigenvalue weighted by atomic mass is 9.97. The van der Waals surface area contributed by atoms with Crippen molar-refractivity contribution in [1.29, 1.82) is 0 Å². The Morgan fingerprint density at radius 1 is 0.962 bits per heavy atom. The monoisotopic (exact) mass is 380 g/mol. The van der Waals surface area contributed by atoms with Gasteiger partial charge in [0.25, 0.3) is 0 Å². The number of aryl methyl sites for hydroxylation is 2. The minimum Gasteiger partial charge on any atom is -0.507 e. The molecule has 0 saturated carbocycles. The molecule has 0 fully saturated rings. The summed E-state index contributed by atoms with van der Waals surface area (Å²) in [5.41, 5.74) is 1.95. The second-order valence-electron chi connectivity index (χ2n) is 6.37. The van der Waals surface area contributed by atoms with Crippen LogP contribution in [0.15, 0.2) is 24.3 Å². The molecule has 6 heteroatoms.